The van der Waals surface area contributed by atoms with Crippen molar-refractivity contribution in [3.05, 3.63) is 51.0 Å². The summed E-state index contributed by atoms with van der Waals surface area (Å²) in [6.07, 6.45) is 1.06. The molecule has 160 valence electrons. The van der Waals surface area contributed by atoms with Crippen molar-refractivity contribution in [1.29, 1.82) is 0 Å². The van der Waals surface area contributed by atoms with Crippen LogP contribution >= 0.6 is 39.3 Å². The fourth-order valence-corrected chi connectivity index (χ4v) is 5.03. The van der Waals surface area contributed by atoms with E-state index in [2.05, 4.69) is 26.3 Å². The van der Waals surface area contributed by atoms with Crippen LogP contribution < -0.4 is 19.7 Å². The first kappa shape index (κ1) is 20.5. The predicted molar refractivity (Wildman–Crippen MR) is 121 cm³/mol. The average molecular weight is 524 g/mol. The number of rotatable bonds is 1. The molecule has 1 N–H and O–H groups in total. The monoisotopic (exact) mass is 522 g/mol. The maximum Gasteiger partial charge on any atom is 0.255 e. The molecule has 31 heavy (non-hydrogen) atoms. The van der Waals surface area contributed by atoms with E-state index in [1.54, 1.807) is 22.0 Å². The number of hydrogen-bond donors (Lipinski definition) is 1. The minimum Gasteiger partial charge on any atom is -0.454 e. The van der Waals surface area contributed by atoms with Gasteiger partial charge in [-0.15, -0.1) is 5.10 Å². The Labute approximate surface area is 195 Å². The summed E-state index contributed by atoms with van der Waals surface area (Å²) in [7, 11) is 0. The molecule has 0 aliphatic carbocycles. The summed E-state index contributed by atoms with van der Waals surface area (Å²) in [4.78, 5) is 27.7. The van der Waals surface area contributed by atoms with E-state index < -0.39 is 12.2 Å². The molecule has 2 aromatic carbocycles. The molecule has 0 saturated carbocycles. The number of carbonyl (C=O) groups is 2. The summed E-state index contributed by atoms with van der Waals surface area (Å²) in [5.41, 5.74) is 1.87. The third kappa shape index (κ3) is 3.24. The van der Waals surface area contributed by atoms with Gasteiger partial charge in [-0.05, 0) is 30.5 Å². The number of nitrogens with one attached hydrogen (secondary N) is 1. The van der Waals surface area contributed by atoms with Crippen LogP contribution in [0.25, 0.3) is 0 Å². The SMILES string of the molecule is CSC1=NN2[C@@H](C(=O)N1)c1cc(Br)ccc1N(C(C)=O)[C@@H]2c1cc2c(cc1Cl)OCO2. The smallest absolute Gasteiger partial charge is 0.255 e. The van der Waals surface area contributed by atoms with Gasteiger partial charge in [-0.25, -0.2) is 0 Å². The molecule has 5 rings (SSSR count). The largest absolute Gasteiger partial charge is 0.454 e. The third-order valence-corrected chi connectivity index (χ3v) is 6.68. The highest BCUT2D eigenvalue weighted by atomic mass is 79.9. The lowest BCUT2D eigenvalue weighted by Crippen LogP contribution is -2.55. The lowest BCUT2D eigenvalue weighted by molar-refractivity contribution is -0.129. The Bertz CT molecular complexity index is 1160. The van der Waals surface area contributed by atoms with Gasteiger partial charge < -0.3 is 14.8 Å². The first-order valence-electron chi connectivity index (χ1n) is 9.29. The number of amides is 2. The molecule has 0 saturated heterocycles. The maximum atomic E-state index is 13.2. The number of hydrogen-bond acceptors (Lipinski definition) is 7. The topological polar surface area (TPSA) is 83.5 Å². The molecule has 3 heterocycles. The Hall–Kier alpha value is -2.43. The van der Waals surface area contributed by atoms with Gasteiger partial charge in [0.15, 0.2) is 28.9 Å². The molecular weight excluding hydrogens is 508 g/mol. The van der Waals surface area contributed by atoms with E-state index in [-0.39, 0.29) is 18.6 Å². The lowest BCUT2D eigenvalue weighted by Gasteiger charge is -2.48. The van der Waals surface area contributed by atoms with E-state index >= 15 is 0 Å². The number of fused-ring (bicyclic) bond motifs is 4. The highest BCUT2D eigenvalue weighted by Crippen LogP contribution is 2.50. The number of hydrazone groups is 1. The van der Waals surface area contributed by atoms with Crippen molar-refractivity contribution in [3.8, 4) is 11.5 Å². The van der Waals surface area contributed by atoms with E-state index in [1.807, 2.05) is 24.5 Å². The summed E-state index contributed by atoms with van der Waals surface area (Å²) in [6.45, 7) is 1.57. The third-order valence-electron chi connectivity index (χ3n) is 5.29. The van der Waals surface area contributed by atoms with Gasteiger partial charge in [0.2, 0.25) is 12.7 Å². The zero-order valence-corrected chi connectivity index (χ0v) is 19.5. The van der Waals surface area contributed by atoms with Crippen LogP contribution in [0.4, 0.5) is 5.69 Å². The van der Waals surface area contributed by atoms with Crippen LogP contribution in [0.3, 0.4) is 0 Å². The van der Waals surface area contributed by atoms with Crippen LogP contribution in [0, 0.1) is 0 Å². The molecule has 2 amide bonds. The van der Waals surface area contributed by atoms with Crippen LogP contribution in [-0.2, 0) is 9.59 Å². The molecule has 8 nitrogen and oxygen atoms in total. The Kier molecular flexibility index (Phi) is 5.03. The van der Waals surface area contributed by atoms with Crippen molar-refractivity contribution in [3.63, 3.8) is 0 Å². The Morgan fingerprint density at radius 1 is 1.26 bits per heavy atom. The van der Waals surface area contributed by atoms with Crippen LogP contribution in [0.2, 0.25) is 5.02 Å². The quantitative estimate of drug-likeness (QED) is 0.608. The zero-order chi connectivity index (χ0) is 21.9. The second-order valence-corrected chi connectivity index (χ2v) is 9.19. The summed E-state index contributed by atoms with van der Waals surface area (Å²) in [5, 5.41) is 9.95. The predicted octanol–water partition coefficient (Wildman–Crippen LogP) is 4.00. The van der Waals surface area contributed by atoms with Crippen molar-refractivity contribution in [2.75, 3.05) is 17.9 Å². The van der Waals surface area contributed by atoms with E-state index in [9.17, 15) is 9.59 Å². The molecule has 11 heteroatoms. The minimum absolute atomic E-state index is 0.0938. The number of benzene rings is 2. The second kappa shape index (κ2) is 7.61. The first-order chi connectivity index (χ1) is 14.9. The molecule has 0 unspecified atom stereocenters. The summed E-state index contributed by atoms with van der Waals surface area (Å²) < 4.78 is 11.8. The van der Waals surface area contributed by atoms with Gasteiger partial charge in [-0.3, -0.25) is 19.5 Å². The summed E-state index contributed by atoms with van der Waals surface area (Å²) in [6, 6.07) is 8.14. The number of halogens is 2. The number of ether oxygens (including phenoxy) is 2. The van der Waals surface area contributed by atoms with Crippen molar-refractivity contribution < 1.29 is 19.1 Å². The molecule has 0 spiro atoms. The molecule has 0 fully saturated rings. The molecule has 0 radical (unpaired) electrons. The van der Waals surface area contributed by atoms with E-state index in [0.29, 0.717) is 38.5 Å². The zero-order valence-electron chi connectivity index (χ0n) is 16.4. The van der Waals surface area contributed by atoms with Crippen LogP contribution in [0.15, 0.2) is 39.9 Å². The number of nitrogens with zero attached hydrogens (tertiary/aromatic N) is 3. The van der Waals surface area contributed by atoms with Crippen molar-refractivity contribution in [1.82, 2.24) is 10.3 Å². The van der Waals surface area contributed by atoms with Crippen LogP contribution in [0.1, 0.15) is 30.3 Å². The Morgan fingerprint density at radius 3 is 2.71 bits per heavy atom. The molecular formula is C20H16BrClN4O4S. The molecule has 2 aromatic rings. The van der Waals surface area contributed by atoms with Gasteiger partial charge >= 0.3 is 0 Å². The molecule has 0 aromatic heterocycles. The van der Waals surface area contributed by atoms with Crippen LogP contribution in [-0.4, -0.2) is 35.0 Å². The molecule has 3 aliphatic rings. The standard InChI is InChI=1S/C20H16BrClN4O4S/c1-9(27)25-14-4-3-10(21)5-12(14)17-18(28)23-20(31-2)24-26(17)19(25)11-6-15-16(7-13(11)22)30-8-29-15/h3-7,17,19H,8H2,1-2H3,(H,23,24,28)/t17-,19+/m1/s1. The average Bonchev–Trinajstić information content (AvgIpc) is 3.18. The number of thioether (sulfide) groups is 1. The Morgan fingerprint density at radius 2 is 2.00 bits per heavy atom. The van der Waals surface area contributed by atoms with E-state index in [4.69, 9.17) is 21.1 Å². The number of carbonyl (C=O) groups excluding carboxylic acids is 2. The fourth-order valence-electron chi connectivity index (χ4n) is 4.02. The number of anilines is 1. The molecule has 2 atom stereocenters. The second-order valence-electron chi connectivity index (χ2n) is 7.07. The van der Waals surface area contributed by atoms with Crippen molar-refractivity contribution in [2.45, 2.75) is 19.1 Å². The minimum atomic E-state index is -0.758. The van der Waals surface area contributed by atoms with Crippen molar-refractivity contribution >= 4 is 62.0 Å². The Balaban J connectivity index is 1.78. The normalized spacial score (nSPS) is 21.3. The fraction of sp³-hybridized carbons (Fsp3) is 0.250. The molecule has 0 bridgehead atoms. The van der Waals surface area contributed by atoms with Gasteiger partial charge in [-0.2, -0.15) is 0 Å². The summed E-state index contributed by atoms with van der Waals surface area (Å²) >= 11 is 11.4. The van der Waals surface area contributed by atoms with Gasteiger partial charge in [-0.1, -0.05) is 39.3 Å². The highest BCUT2D eigenvalue weighted by Gasteiger charge is 2.47. The highest BCUT2D eigenvalue weighted by molar-refractivity contribution is 9.10. The van der Waals surface area contributed by atoms with Gasteiger partial charge in [0.1, 0.15) is 0 Å². The van der Waals surface area contributed by atoms with Gasteiger partial charge in [0.05, 0.1) is 10.7 Å². The van der Waals surface area contributed by atoms with Gasteiger partial charge in [0.25, 0.3) is 5.91 Å². The van der Waals surface area contributed by atoms with E-state index in [1.165, 1.54) is 18.7 Å². The maximum absolute atomic E-state index is 13.2. The van der Waals surface area contributed by atoms with Crippen molar-refractivity contribution in [2.24, 2.45) is 5.10 Å². The van der Waals surface area contributed by atoms with E-state index in [0.717, 1.165) is 4.47 Å². The molecule has 3 aliphatic heterocycles. The number of amidine groups is 1. The lowest BCUT2D eigenvalue weighted by atomic mass is 9.95. The van der Waals surface area contributed by atoms with Gasteiger partial charge in [0, 0.05) is 28.6 Å². The summed E-state index contributed by atoms with van der Waals surface area (Å²) in [5.74, 6) is 0.609. The van der Waals surface area contributed by atoms with Crippen LogP contribution in [0.5, 0.6) is 11.5 Å². The first-order valence-corrected chi connectivity index (χ1v) is 11.7.